The zero-order valence-corrected chi connectivity index (χ0v) is 18.4. The Morgan fingerprint density at radius 3 is 2.33 bits per heavy atom. The number of rotatable bonds is 6. The van der Waals surface area contributed by atoms with Crippen LogP contribution in [0.1, 0.15) is 50.4 Å². The monoisotopic (exact) mass is 407 g/mol. The molecule has 5 nitrogen and oxygen atoms in total. The SMILES string of the molecule is Cc1ccc(N2C(=O)C(O)=C(C(=O)C(C)C)C2c2cccc(OC(C)C)c2)cc1C. The van der Waals surface area contributed by atoms with E-state index < -0.39 is 17.7 Å². The van der Waals surface area contributed by atoms with Crippen LogP contribution >= 0.6 is 0 Å². The highest BCUT2D eigenvalue weighted by molar-refractivity contribution is 6.16. The van der Waals surface area contributed by atoms with Crippen LogP contribution in [-0.2, 0) is 9.59 Å². The molecular formula is C25H29NO4. The molecule has 1 aliphatic rings. The summed E-state index contributed by atoms with van der Waals surface area (Å²) in [5, 5.41) is 10.7. The molecule has 3 rings (SSSR count). The first kappa shape index (κ1) is 21.6. The maximum absolute atomic E-state index is 13.1. The number of ether oxygens (including phenoxy) is 1. The van der Waals surface area contributed by atoms with E-state index in [1.54, 1.807) is 13.8 Å². The molecule has 1 aliphatic heterocycles. The predicted octanol–water partition coefficient (Wildman–Crippen LogP) is 5.22. The third-order valence-corrected chi connectivity index (χ3v) is 5.31. The first-order valence-corrected chi connectivity index (χ1v) is 10.3. The van der Waals surface area contributed by atoms with E-state index in [2.05, 4.69) is 0 Å². The summed E-state index contributed by atoms with van der Waals surface area (Å²) in [5.41, 5.74) is 3.62. The van der Waals surface area contributed by atoms with Gasteiger partial charge < -0.3 is 9.84 Å². The number of aryl methyl sites for hydroxylation is 2. The Labute approximate surface area is 178 Å². The van der Waals surface area contributed by atoms with E-state index >= 15 is 0 Å². The zero-order chi connectivity index (χ0) is 22.2. The van der Waals surface area contributed by atoms with Crippen LogP contribution < -0.4 is 9.64 Å². The number of hydrogen-bond acceptors (Lipinski definition) is 4. The molecule has 0 saturated carbocycles. The van der Waals surface area contributed by atoms with Crippen molar-refractivity contribution in [2.75, 3.05) is 4.90 Å². The molecule has 0 aromatic heterocycles. The number of amides is 1. The molecule has 1 N–H and O–H groups in total. The van der Waals surface area contributed by atoms with Crippen LogP contribution in [-0.4, -0.2) is 22.9 Å². The second-order valence-corrected chi connectivity index (χ2v) is 8.37. The van der Waals surface area contributed by atoms with E-state index in [-0.39, 0.29) is 23.4 Å². The molecule has 2 aromatic rings. The van der Waals surface area contributed by atoms with Gasteiger partial charge in [-0.3, -0.25) is 14.5 Å². The van der Waals surface area contributed by atoms with Gasteiger partial charge in [0, 0.05) is 11.6 Å². The lowest BCUT2D eigenvalue weighted by molar-refractivity contribution is -0.119. The summed E-state index contributed by atoms with van der Waals surface area (Å²) in [4.78, 5) is 27.6. The molecule has 0 bridgehead atoms. The molecule has 0 spiro atoms. The van der Waals surface area contributed by atoms with Crippen molar-refractivity contribution in [3.05, 3.63) is 70.5 Å². The van der Waals surface area contributed by atoms with Gasteiger partial charge in [0.2, 0.25) is 0 Å². The third-order valence-electron chi connectivity index (χ3n) is 5.31. The largest absolute Gasteiger partial charge is 0.503 e. The van der Waals surface area contributed by atoms with Gasteiger partial charge in [0.1, 0.15) is 5.75 Å². The fourth-order valence-electron chi connectivity index (χ4n) is 3.66. The molecule has 1 unspecified atom stereocenters. The average Bonchev–Trinajstić information content (AvgIpc) is 2.94. The highest BCUT2D eigenvalue weighted by Gasteiger charge is 2.44. The van der Waals surface area contributed by atoms with Crippen molar-refractivity contribution in [1.82, 2.24) is 0 Å². The molecule has 0 saturated heterocycles. The standard InChI is InChI=1S/C25H29NO4/c1-14(2)23(27)21-22(18-8-7-9-20(13-18)30-15(3)4)26(25(29)24(21)28)19-11-10-16(5)17(6)12-19/h7-15,22,28H,1-6H3. The maximum Gasteiger partial charge on any atom is 0.294 e. The third kappa shape index (κ3) is 3.97. The van der Waals surface area contributed by atoms with Crippen molar-refractivity contribution in [2.24, 2.45) is 5.92 Å². The second-order valence-electron chi connectivity index (χ2n) is 8.37. The fourth-order valence-corrected chi connectivity index (χ4v) is 3.66. The quantitative estimate of drug-likeness (QED) is 0.713. The lowest BCUT2D eigenvalue weighted by atomic mass is 9.91. The minimum absolute atomic E-state index is 0.0120. The number of carbonyl (C=O) groups is 2. The number of aliphatic hydroxyl groups is 1. The summed E-state index contributed by atoms with van der Waals surface area (Å²) in [5.74, 6) is -0.994. The summed E-state index contributed by atoms with van der Waals surface area (Å²) in [6.45, 7) is 11.4. The molecule has 1 heterocycles. The van der Waals surface area contributed by atoms with Gasteiger partial charge in [-0.1, -0.05) is 32.0 Å². The highest BCUT2D eigenvalue weighted by Crippen LogP contribution is 2.42. The molecule has 2 aromatic carbocycles. The Hall–Kier alpha value is -3.08. The lowest BCUT2D eigenvalue weighted by Crippen LogP contribution is -2.31. The van der Waals surface area contributed by atoms with Gasteiger partial charge in [-0.25, -0.2) is 0 Å². The van der Waals surface area contributed by atoms with E-state index in [0.717, 1.165) is 11.1 Å². The summed E-state index contributed by atoms with van der Waals surface area (Å²) in [7, 11) is 0. The van der Waals surface area contributed by atoms with Gasteiger partial charge >= 0.3 is 0 Å². The Balaban J connectivity index is 2.18. The topological polar surface area (TPSA) is 66.8 Å². The smallest absolute Gasteiger partial charge is 0.294 e. The lowest BCUT2D eigenvalue weighted by Gasteiger charge is -2.28. The summed E-state index contributed by atoms with van der Waals surface area (Å²) >= 11 is 0. The van der Waals surface area contributed by atoms with Crippen molar-refractivity contribution >= 4 is 17.4 Å². The first-order chi connectivity index (χ1) is 14.1. The number of ketones is 1. The van der Waals surface area contributed by atoms with E-state index in [1.807, 2.05) is 70.2 Å². The Bertz CT molecular complexity index is 1020. The minimum atomic E-state index is -0.717. The maximum atomic E-state index is 13.1. The number of anilines is 1. The van der Waals surface area contributed by atoms with E-state index in [0.29, 0.717) is 17.0 Å². The molecule has 0 radical (unpaired) electrons. The number of carbonyl (C=O) groups excluding carboxylic acids is 2. The summed E-state index contributed by atoms with van der Waals surface area (Å²) in [6.07, 6.45) is -0.0120. The summed E-state index contributed by atoms with van der Waals surface area (Å²) in [6, 6.07) is 12.3. The van der Waals surface area contributed by atoms with E-state index in [4.69, 9.17) is 4.74 Å². The van der Waals surface area contributed by atoms with Crippen molar-refractivity contribution in [3.8, 4) is 5.75 Å². The molecular weight excluding hydrogens is 378 g/mol. The van der Waals surface area contributed by atoms with Crippen molar-refractivity contribution in [1.29, 1.82) is 0 Å². The Kier molecular flexibility index (Phi) is 6.01. The van der Waals surface area contributed by atoms with Crippen LogP contribution in [0.4, 0.5) is 5.69 Å². The van der Waals surface area contributed by atoms with Crippen LogP contribution in [0.2, 0.25) is 0 Å². The van der Waals surface area contributed by atoms with Crippen LogP contribution in [0.25, 0.3) is 0 Å². The summed E-state index contributed by atoms with van der Waals surface area (Å²) < 4.78 is 5.82. The van der Waals surface area contributed by atoms with Crippen LogP contribution in [0, 0.1) is 19.8 Å². The van der Waals surface area contributed by atoms with Gasteiger partial charge in [-0.15, -0.1) is 0 Å². The van der Waals surface area contributed by atoms with Crippen molar-refractivity contribution in [2.45, 2.75) is 53.7 Å². The molecule has 30 heavy (non-hydrogen) atoms. The van der Waals surface area contributed by atoms with Crippen molar-refractivity contribution < 1.29 is 19.4 Å². The molecule has 1 amide bonds. The van der Waals surface area contributed by atoms with Crippen molar-refractivity contribution in [3.63, 3.8) is 0 Å². The number of aliphatic hydroxyl groups excluding tert-OH is 1. The molecule has 0 aliphatic carbocycles. The predicted molar refractivity (Wildman–Crippen MR) is 118 cm³/mol. The molecule has 1 atom stereocenters. The normalized spacial score (nSPS) is 16.7. The number of Topliss-reactive ketones (excluding diaryl/α,β-unsaturated/α-hetero) is 1. The minimum Gasteiger partial charge on any atom is -0.503 e. The number of hydrogen-bond donors (Lipinski definition) is 1. The fraction of sp³-hybridized carbons (Fsp3) is 0.360. The van der Waals surface area contributed by atoms with Gasteiger partial charge in [0.05, 0.1) is 17.7 Å². The zero-order valence-electron chi connectivity index (χ0n) is 18.4. The van der Waals surface area contributed by atoms with Crippen LogP contribution in [0.15, 0.2) is 53.8 Å². The first-order valence-electron chi connectivity index (χ1n) is 10.3. The van der Waals surface area contributed by atoms with Gasteiger partial charge in [-0.2, -0.15) is 0 Å². The van der Waals surface area contributed by atoms with Gasteiger partial charge in [-0.05, 0) is 68.7 Å². The highest BCUT2D eigenvalue weighted by atomic mass is 16.5. The van der Waals surface area contributed by atoms with E-state index in [9.17, 15) is 14.7 Å². The number of benzene rings is 2. The van der Waals surface area contributed by atoms with E-state index in [1.165, 1.54) is 4.90 Å². The Morgan fingerprint density at radius 1 is 1.03 bits per heavy atom. The average molecular weight is 408 g/mol. The van der Waals surface area contributed by atoms with Gasteiger partial charge in [0.15, 0.2) is 11.5 Å². The van der Waals surface area contributed by atoms with Crippen LogP contribution in [0.5, 0.6) is 5.75 Å². The molecule has 0 fully saturated rings. The van der Waals surface area contributed by atoms with Crippen LogP contribution in [0.3, 0.4) is 0 Å². The number of nitrogens with zero attached hydrogens (tertiary/aromatic N) is 1. The molecule has 5 heteroatoms. The Morgan fingerprint density at radius 2 is 1.73 bits per heavy atom. The second kappa shape index (κ2) is 8.34. The molecule has 158 valence electrons. The van der Waals surface area contributed by atoms with Gasteiger partial charge in [0.25, 0.3) is 5.91 Å².